The van der Waals surface area contributed by atoms with E-state index in [0.29, 0.717) is 11.5 Å². The van der Waals surface area contributed by atoms with Gasteiger partial charge in [-0.05, 0) is 55.0 Å². The molecule has 3 rings (SSSR count). The number of hydrogen-bond donors (Lipinski definition) is 0. The van der Waals surface area contributed by atoms with Crippen LogP contribution in [0.4, 0.5) is 5.69 Å². The summed E-state index contributed by atoms with van der Waals surface area (Å²) in [4.78, 5) is 24.6. The second kappa shape index (κ2) is 7.99. The molecule has 0 spiro atoms. The first-order valence-corrected chi connectivity index (χ1v) is 8.73. The molecular weight excluding hydrogens is 332 g/mol. The quantitative estimate of drug-likeness (QED) is 0.606. The summed E-state index contributed by atoms with van der Waals surface area (Å²) in [5.74, 6) is 1.37. The van der Waals surface area contributed by atoms with E-state index in [-0.39, 0.29) is 11.6 Å². The molecule has 26 heavy (non-hydrogen) atoms. The molecule has 0 saturated carbocycles. The predicted molar refractivity (Wildman–Crippen MR) is 98.4 cm³/mol. The van der Waals surface area contributed by atoms with Crippen molar-refractivity contribution in [1.82, 2.24) is 4.90 Å². The van der Waals surface area contributed by atoms with E-state index in [0.717, 1.165) is 38.1 Å². The van der Waals surface area contributed by atoms with Gasteiger partial charge in [0, 0.05) is 30.8 Å². The summed E-state index contributed by atoms with van der Waals surface area (Å²) in [5.41, 5.74) is 1.79. The number of rotatable bonds is 5. The molecule has 0 unspecified atom stereocenters. The van der Waals surface area contributed by atoms with Crippen LogP contribution in [0, 0.1) is 16.0 Å². The van der Waals surface area contributed by atoms with Crippen LogP contribution in [0.3, 0.4) is 0 Å². The zero-order valence-corrected chi connectivity index (χ0v) is 14.8. The predicted octanol–water partition coefficient (Wildman–Crippen LogP) is 3.70. The molecule has 1 aliphatic rings. The molecule has 1 fully saturated rings. The van der Waals surface area contributed by atoms with Gasteiger partial charge in [-0.25, -0.2) is 0 Å². The lowest BCUT2D eigenvalue weighted by molar-refractivity contribution is -0.384. The summed E-state index contributed by atoms with van der Waals surface area (Å²) in [5, 5.41) is 10.7. The largest absolute Gasteiger partial charge is 0.497 e. The normalized spacial score (nSPS) is 14.9. The van der Waals surface area contributed by atoms with Crippen LogP contribution in [0.25, 0.3) is 0 Å². The first kappa shape index (κ1) is 17.9. The highest BCUT2D eigenvalue weighted by Crippen LogP contribution is 2.24. The smallest absolute Gasteiger partial charge is 0.269 e. The van der Waals surface area contributed by atoms with Crippen molar-refractivity contribution in [2.75, 3.05) is 20.2 Å². The molecule has 0 aromatic heterocycles. The molecule has 0 radical (unpaired) electrons. The Bertz CT molecular complexity index is 763. The maximum absolute atomic E-state index is 12.6. The molecule has 1 saturated heterocycles. The molecular formula is C20H22N2O4. The molecule has 6 nitrogen and oxygen atoms in total. The van der Waals surface area contributed by atoms with Crippen LogP contribution in [0.5, 0.6) is 5.75 Å². The fraction of sp³-hybridized carbons (Fsp3) is 0.350. The Morgan fingerprint density at radius 3 is 2.27 bits per heavy atom. The van der Waals surface area contributed by atoms with Crippen molar-refractivity contribution in [2.24, 2.45) is 5.92 Å². The maximum atomic E-state index is 12.6. The SMILES string of the molecule is COc1ccc(CC2CCN(C(=O)c3ccc([N+](=O)[O-])cc3)CC2)cc1. The van der Waals surface area contributed by atoms with Crippen LogP contribution in [-0.2, 0) is 6.42 Å². The summed E-state index contributed by atoms with van der Waals surface area (Å²) >= 11 is 0. The van der Waals surface area contributed by atoms with Crippen molar-refractivity contribution >= 4 is 11.6 Å². The lowest BCUT2D eigenvalue weighted by atomic mass is 9.90. The van der Waals surface area contributed by atoms with Crippen LogP contribution >= 0.6 is 0 Å². The molecule has 0 atom stereocenters. The lowest BCUT2D eigenvalue weighted by Crippen LogP contribution is -2.38. The molecule has 1 heterocycles. The van der Waals surface area contributed by atoms with Crippen molar-refractivity contribution in [1.29, 1.82) is 0 Å². The van der Waals surface area contributed by atoms with Crippen LogP contribution in [0.2, 0.25) is 0 Å². The van der Waals surface area contributed by atoms with E-state index < -0.39 is 4.92 Å². The molecule has 2 aromatic carbocycles. The van der Waals surface area contributed by atoms with E-state index in [1.165, 1.54) is 29.8 Å². The van der Waals surface area contributed by atoms with Gasteiger partial charge < -0.3 is 9.64 Å². The topological polar surface area (TPSA) is 72.7 Å². The Hall–Kier alpha value is -2.89. The maximum Gasteiger partial charge on any atom is 0.269 e. The second-order valence-corrected chi connectivity index (χ2v) is 6.59. The third-order valence-electron chi connectivity index (χ3n) is 4.91. The van der Waals surface area contributed by atoms with Gasteiger partial charge in [0.05, 0.1) is 12.0 Å². The number of piperidine rings is 1. The van der Waals surface area contributed by atoms with Gasteiger partial charge in [0.15, 0.2) is 0 Å². The molecule has 0 N–H and O–H groups in total. The Morgan fingerprint density at radius 1 is 1.12 bits per heavy atom. The minimum atomic E-state index is -0.459. The summed E-state index contributed by atoms with van der Waals surface area (Å²) in [6.45, 7) is 1.44. The molecule has 1 amide bonds. The van der Waals surface area contributed by atoms with Crippen molar-refractivity contribution in [3.8, 4) is 5.75 Å². The van der Waals surface area contributed by atoms with Crippen LogP contribution in [0.1, 0.15) is 28.8 Å². The fourth-order valence-electron chi connectivity index (χ4n) is 3.34. The van der Waals surface area contributed by atoms with Crippen LogP contribution in [-0.4, -0.2) is 35.9 Å². The van der Waals surface area contributed by atoms with Gasteiger partial charge in [-0.3, -0.25) is 14.9 Å². The number of carbonyl (C=O) groups is 1. The number of nitro benzene ring substituents is 1. The van der Waals surface area contributed by atoms with Gasteiger partial charge >= 0.3 is 0 Å². The number of non-ortho nitro benzene ring substituents is 1. The zero-order chi connectivity index (χ0) is 18.5. The summed E-state index contributed by atoms with van der Waals surface area (Å²) in [6.07, 6.45) is 2.93. The number of hydrogen-bond acceptors (Lipinski definition) is 4. The Kier molecular flexibility index (Phi) is 5.51. The average Bonchev–Trinajstić information content (AvgIpc) is 2.69. The third kappa shape index (κ3) is 4.20. The Balaban J connectivity index is 1.53. The molecule has 2 aromatic rings. The fourth-order valence-corrected chi connectivity index (χ4v) is 3.34. The van der Waals surface area contributed by atoms with E-state index in [1.807, 2.05) is 17.0 Å². The van der Waals surface area contributed by atoms with Gasteiger partial charge in [0.2, 0.25) is 0 Å². The third-order valence-corrected chi connectivity index (χ3v) is 4.91. The number of ether oxygens (including phenoxy) is 1. The zero-order valence-electron chi connectivity index (χ0n) is 14.8. The van der Waals surface area contributed by atoms with Crippen molar-refractivity contribution in [3.63, 3.8) is 0 Å². The Morgan fingerprint density at radius 2 is 1.73 bits per heavy atom. The molecule has 136 valence electrons. The summed E-state index contributed by atoms with van der Waals surface area (Å²) in [6, 6.07) is 14.0. The molecule has 6 heteroatoms. The highest BCUT2D eigenvalue weighted by Gasteiger charge is 2.24. The first-order chi connectivity index (χ1) is 12.6. The number of nitrogens with zero attached hydrogens (tertiary/aromatic N) is 2. The van der Waals surface area contributed by atoms with Crippen LogP contribution in [0.15, 0.2) is 48.5 Å². The first-order valence-electron chi connectivity index (χ1n) is 8.73. The van der Waals surface area contributed by atoms with Gasteiger partial charge in [0.1, 0.15) is 5.75 Å². The van der Waals surface area contributed by atoms with Gasteiger partial charge in [-0.1, -0.05) is 12.1 Å². The minimum absolute atomic E-state index is 0.000232. The Labute approximate surface area is 152 Å². The average molecular weight is 354 g/mol. The number of benzene rings is 2. The number of amides is 1. The highest BCUT2D eigenvalue weighted by atomic mass is 16.6. The monoisotopic (exact) mass is 354 g/mol. The molecule has 0 aliphatic carbocycles. The van der Waals surface area contributed by atoms with Gasteiger partial charge in [-0.15, -0.1) is 0 Å². The second-order valence-electron chi connectivity index (χ2n) is 6.59. The standard InChI is InChI=1S/C20H22N2O4/c1-26-19-8-2-15(3-9-19)14-16-10-12-21(13-11-16)20(23)17-4-6-18(7-5-17)22(24)25/h2-9,16H,10-14H2,1H3. The van der Waals surface area contributed by atoms with E-state index in [9.17, 15) is 14.9 Å². The van der Waals surface area contributed by atoms with Crippen molar-refractivity contribution < 1.29 is 14.5 Å². The van der Waals surface area contributed by atoms with Gasteiger partial charge in [0.25, 0.3) is 11.6 Å². The summed E-state index contributed by atoms with van der Waals surface area (Å²) in [7, 11) is 1.66. The van der Waals surface area contributed by atoms with Gasteiger partial charge in [-0.2, -0.15) is 0 Å². The number of likely N-dealkylation sites (tertiary alicyclic amines) is 1. The highest BCUT2D eigenvalue weighted by molar-refractivity contribution is 5.94. The van der Waals surface area contributed by atoms with Crippen molar-refractivity contribution in [2.45, 2.75) is 19.3 Å². The van der Waals surface area contributed by atoms with E-state index in [2.05, 4.69) is 12.1 Å². The number of nitro groups is 1. The molecule has 1 aliphatic heterocycles. The van der Waals surface area contributed by atoms with E-state index >= 15 is 0 Å². The lowest BCUT2D eigenvalue weighted by Gasteiger charge is -2.32. The van der Waals surface area contributed by atoms with E-state index in [1.54, 1.807) is 7.11 Å². The number of methoxy groups -OCH3 is 1. The number of carbonyl (C=O) groups excluding carboxylic acids is 1. The molecule has 0 bridgehead atoms. The summed E-state index contributed by atoms with van der Waals surface area (Å²) < 4.78 is 5.18. The van der Waals surface area contributed by atoms with E-state index in [4.69, 9.17) is 4.74 Å². The minimum Gasteiger partial charge on any atom is -0.497 e. The van der Waals surface area contributed by atoms with Crippen molar-refractivity contribution in [3.05, 3.63) is 69.8 Å². The van der Waals surface area contributed by atoms with Crippen LogP contribution < -0.4 is 4.74 Å².